The van der Waals surface area contributed by atoms with E-state index in [2.05, 4.69) is 22.5 Å². The Morgan fingerprint density at radius 2 is 2.30 bits per heavy atom. The zero-order chi connectivity index (χ0) is 15.8. The first-order valence-electron chi connectivity index (χ1n) is 7.71. The number of aryl methyl sites for hydroxylation is 1. The van der Waals surface area contributed by atoms with E-state index in [0.717, 1.165) is 31.6 Å². The second-order valence-electron chi connectivity index (χ2n) is 5.32. The van der Waals surface area contributed by atoms with Crippen LogP contribution in [0.2, 0.25) is 0 Å². The molecule has 0 aromatic heterocycles. The number of rotatable bonds is 6. The van der Waals surface area contributed by atoms with Gasteiger partial charge in [0.15, 0.2) is 5.96 Å². The fourth-order valence-electron chi connectivity index (χ4n) is 2.31. The number of aliphatic imine (C=N–C) groups is 1. The van der Waals surface area contributed by atoms with E-state index in [0.29, 0.717) is 6.54 Å². The number of nitrogens with one attached hydrogen (secondary N) is 2. The molecule has 0 aliphatic carbocycles. The molecule has 0 saturated carbocycles. The Morgan fingerprint density at radius 3 is 3.00 bits per heavy atom. The Balaban J connectivity index is 0.00000264. The van der Waals surface area contributed by atoms with Crippen molar-refractivity contribution in [2.45, 2.75) is 32.3 Å². The predicted molar refractivity (Wildman–Crippen MR) is 103 cm³/mol. The van der Waals surface area contributed by atoms with Gasteiger partial charge in [-0.3, -0.25) is 4.79 Å². The average molecular weight is 432 g/mol. The van der Waals surface area contributed by atoms with Gasteiger partial charge in [-0.05, 0) is 37.0 Å². The summed E-state index contributed by atoms with van der Waals surface area (Å²) in [5.74, 6) is 0.0862. The molecule has 1 heterocycles. The van der Waals surface area contributed by atoms with Crippen molar-refractivity contribution in [1.29, 1.82) is 0 Å². The summed E-state index contributed by atoms with van der Waals surface area (Å²) in [5.41, 5.74) is 7.70. The maximum atomic E-state index is 11.9. The molecule has 6 nitrogen and oxygen atoms in total. The molecule has 1 atom stereocenters. The molecule has 4 N–H and O–H groups in total. The average Bonchev–Trinajstić information content (AvgIpc) is 3.04. The summed E-state index contributed by atoms with van der Waals surface area (Å²) in [7, 11) is 0. The number of nitrogens with zero attached hydrogens (tertiary/aromatic N) is 1. The highest BCUT2D eigenvalue weighted by Gasteiger charge is 2.14. The molecule has 1 aliphatic rings. The van der Waals surface area contributed by atoms with Crippen LogP contribution in [0.5, 0.6) is 0 Å². The molecule has 1 unspecified atom stereocenters. The maximum absolute atomic E-state index is 11.9. The summed E-state index contributed by atoms with van der Waals surface area (Å²) in [5, 5.41) is 5.80. The molecule has 0 spiro atoms. The molecule has 1 aromatic rings. The third-order valence-electron chi connectivity index (χ3n) is 3.55. The number of amides is 1. The van der Waals surface area contributed by atoms with Gasteiger partial charge < -0.3 is 21.1 Å². The van der Waals surface area contributed by atoms with Gasteiger partial charge in [0.1, 0.15) is 6.54 Å². The Kier molecular flexibility index (Phi) is 8.93. The molecular weight excluding hydrogens is 407 g/mol. The number of halogens is 1. The van der Waals surface area contributed by atoms with Crippen molar-refractivity contribution in [2.24, 2.45) is 10.7 Å². The maximum Gasteiger partial charge on any atom is 0.246 e. The van der Waals surface area contributed by atoms with Crippen molar-refractivity contribution in [2.75, 3.05) is 25.0 Å². The van der Waals surface area contributed by atoms with Crippen LogP contribution < -0.4 is 16.4 Å². The Bertz CT molecular complexity index is 531. The van der Waals surface area contributed by atoms with Crippen LogP contribution in [0, 0.1) is 0 Å². The Morgan fingerprint density at radius 1 is 1.48 bits per heavy atom. The molecule has 23 heavy (non-hydrogen) atoms. The van der Waals surface area contributed by atoms with Crippen LogP contribution in [0.1, 0.15) is 25.3 Å². The van der Waals surface area contributed by atoms with Crippen molar-refractivity contribution in [3.63, 3.8) is 0 Å². The molecule has 1 amide bonds. The summed E-state index contributed by atoms with van der Waals surface area (Å²) in [4.78, 5) is 15.9. The number of carbonyl (C=O) groups excluding carboxylic acids is 1. The lowest BCUT2D eigenvalue weighted by molar-refractivity contribution is -0.114. The standard InChI is InChI=1S/C16H24N4O2.HI/c1-2-12-5-3-6-13(9-12)20-15(21)11-19-16(17)18-10-14-7-4-8-22-14;/h3,5-6,9,14H,2,4,7-8,10-11H2,1H3,(H,20,21)(H3,17,18,19);1H. The Labute approximate surface area is 154 Å². The minimum absolute atomic E-state index is 0. The van der Waals surface area contributed by atoms with Crippen molar-refractivity contribution < 1.29 is 9.53 Å². The van der Waals surface area contributed by atoms with Crippen molar-refractivity contribution in [3.05, 3.63) is 29.8 Å². The normalized spacial score (nSPS) is 17.4. The second kappa shape index (κ2) is 10.4. The van der Waals surface area contributed by atoms with E-state index in [1.165, 1.54) is 5.56 Å². The van der Waals surface area contributed by atoms with Gasteiger partial charge in [0.05, 0.1) is 6.10 Å². The van der Waals surface area contributed by atoms with Gasteiger partial charge in [-0.2, -0.15) is 0 Å². The smallest absolute Gasteiger partial charge is 0.246 e. The summed E-state index contributed by atoms with van der Waals surface area (Å²) in [6.45, 7) is 3.52. The quantitative estimate of drug-likeness (QED) is 0.364. The fourth-order valence-corrected chi connectivity index (χ4v) is 2.31. The lowest BCUT2D eigenvalue weighted by Gasteiger charge is -2.11. The lowest BCUT2D eigenvalue weighted by Crippen LogP contribution is -2.37. The minimum atomic E-state index is -0.185. The zero-order valence-corrected chi connectivity index (χ0v) is 15.7. The molecule has 1 saturated heterocycles. The lowest BCUT2D eigenvalue weighted by atomic mass is 10.1. The highest BCUT2D eigenvalue weighted by molar-refractivity contribution is 14.0. The Hall–Kier alpha value is -1.35. The van der Waals surface area contributed by atoms with Crippen LogP contribution in [-0.4, -0.2) is 37.7 Å². The van der Waals surface area contributed by atoms with Crippen LogP contribution >= 0.6 is 24.0 Å². The largest absolute Gasteiger partial charge is 0.376 e. The van der Waals surface area contributed by atoms with Crippen LogP contribution in [0.3, 0.4) is 0 Å². The van der Waals surface area contributed by atoms with Crippen molar-refractivity contribution in [1.82, 2.24) is 5.32 Å². The van der Waals surface area contributed by atoms with Gasteiger partial charge in [-0.1, -0.05) is 19.1 Å². The number of anilines is 1. The van der Waals surface area contributed by atoms with E-state index in [-0.39, 0.29) is 48.5 Å². The van der Waals surface area contributed by atoms with Gasteiger partial charge in [0.25, 0.3) is 0 Å². The van der Waals surface area contributed by atoms with Crippen LogP contribution in [0.15, 0.2) is 29.3 Å². The van der Waals surface area contributed by atoms with E-state index < -0.39 is 0 Å². The monoisotopic (exact) mass is 432 g/mol. The molecular formula is C16H25IN4O2. The summed E-state index contributed by atoms with van der Waals surface area (Å²) in [6.07, 6.45) is 3.25. The third kappa shape index (κ3) is 7.17. The van der Waals surface area contributed by atoms with Gasteiger partial charge in [-0.25, -0.2) is 4.99 Å². The summed E-state index contributed by atoms with van der Waals surface area (Å²) >= 11 is 0. The number of ether oxygens (including phenoxy) is 1. The highest BCUT2D eigenvalue weighted by Crippen LogP contribution is 2.11. The van der Waals surface area contributed by atoms with E-state index >= 15 is 0 Å². The number of benzene rings is 1. The fraction of sp³-hybridized carbons (Fsp3) is 0.500. The molecule has 7 heteroatoms. The predicted octanol–water partition coefficient (Wildman–Crippen LogP) is 1.89. The first-order valence-corrected chi connectivity index (χ1v) is 7.71. The molecule has 128 valence electrons. The van der Waals surface area contributed by atoms with Crippen LogP contribution in [0.4, 0.5) is 5.69 Å². The minimum Gasteiger partial charge on any atom is -0.376 e. The number of guanidine groups is 1. The molecule has 2 rings (SSSR count). The van der Waals surface area contributed by atoms with E-state index in [9.17, 15) is 4.79 Å². The highest BCUT2D eigenvalue weighted by atomic mass is 127. The van der Waals surface area contributed by atoms with Crippen molar-refractivity contribution in [3.8, 4) is 0 Å². The van der Waals surface area contributed by atoms with Gasteiger partial charge in [-0.15, -0.1) is 24.0 Å². The number of carbonyl (C=O) groups is 1. The number of hydrogen-bond donors (Lipinski definition) is 3. The third-order valence-corrected chi connectivity index (χ3v) is 3.55. The molecule has 1 aromatic carbocycles. The van der Waals surface area contributed by atoms with Crippen molar-refractivity contribution >= 4 is 41.5 Å². The second-order valence-corrected chi connectivity index (χ2v) is 5.32. The number of nitrogens with two attached hydrogens (primary N) is 1. The van der Waals surface area contributed by atoms with Crippen LogP contribution in [0.25, 0.3) is 0 Å². The first-order chi connectivity index (χ1) is 10.7. The van der Waals surface area contributed by atoms with E-state index in [4.69, 9.17) is 10.5 Å². The van der Waals surface area contributed by atoms with Gasteiger partial charge >= 0.3 is 0 Å². The van der Waals surface area contributed by atoms with E-state index in [1.54, 1.807) is 0 Å². The van der Waals surface area contributed by atoms with Gasteiger partial charge in [0.2, 0.25) is 5.91 Å². The zero-order valence-electron chi connectivity index (χ0n) is 13.4. The summed E-state index contributed by atoms with van der Waals surface area (Å²) in [6, 6.07) is 7.77. The first kappa shape index (κ1) is 19.7. The molecule has 0 radical (unpaired) electrons. The summed E-state index contributed by atoms with van der Waals surface area (Å²) < 4.78 is 5.48. The van der Waals surface area contributed by atoms with Gasteiger partial charge in [0, 0.05) is 18.8 Å². The molecule has 1 aliphatic heterocycles. The number of hydrogen-bond acceptors (Lipinski definition) is 3. The SMILES string of the molecule is CCc1cccc(NC(=O)CN=C(N)NCC2CCCO2)c1.I. The van der Waals surface area contributed by atoms with Crippen LogP contribution in [-0.2, 0) is 16.0 Å². The molecule has 1 fully saturated rings. The molecule has 0 bridgehead atoms. The van der Waals surface area contributed by atoms with E-state index in [1.807, 2.05) is 24.3 Å². The topological polar surface area (TPSA) is 88.7 Å².